The van der Waals surface area contributed by atoms with Crippen LogP contribution < -0.4 is 15.4 Å². The molecule has 0 aliphatic carbocycles. The van der Waals surface area contributed by atoms with Gasteiger partial charge in [-0.2, -0.15) is 4.98 Å². The van der Waals surface area contributed by atoms with Crippen LogP contribution in [0.25, 0.3) is 5.82 Å². The summed E-state index contributed by atoms with van der Waals surface area (Å²) >= 11 is 0. The van der Waals surface area contributed by atoms with E-state index in [1.54, 1.807) is 36.5 Å². The molecule has 0 aliphatic rings. The summed E-state index contributed by atoms with van der Waals surface area (Å²) in [7, 11) is 0. The van der Waals surface area contributed by atoms with Crippen molar-refractivity contribution in [1.29, 1.82) is 0 Å². The van der Waals surface area contributed by atoms with Crippen LogP contribution in [0.4, 0.5) is 16.2 Å². The molecule has 162 valence electrons. The number of hydrogen-bond acceptors (Lipinski definition) is 5. The summed E-state index contributed by atoms with van der Waals surface area (Å²) in [6.07, 6.45) is 3.56. The zero-order chi connectivity index (χ0) is 22.7. The number of aryl methyl sites for hydroxylation is 4. The minimum atomic E-state index is -0.308. The Morgan fingerprint density at radius 3 is 2.41 bits per heavy atom. The van der Waals surface area contributed by atoms with Crippen LogP contribution in [0, 0.1) is 27.7 Å². The maximum atomic E-state index is 12.3. The minimum absolute atomic E-state index is 0.308. The Morgan fingerprint density at radius 2 is 1.72 bits per heavy atom. The Kier molecular flexibility index (Phi) is 5.85. The second kappa shape index (κ2) is 8.89. The van der Waals surface area contributed by atoms with Gasteiger partial charge in [0.1, 0.15) is 23.2 Å². The summed E-state index contributed by atoms with van der Waals surface area (Å²) in [4.78, 5) is 25.4. The summed E-state index contributed by atoms with van der Waals surface area (Å²) < 4.78 is 7.77. The van der Waals surface area contributed by atoms with Gasteiger partial charge < -0.3 is 15.4 Å². The molecular formula is C24H24N6O2. The highest BCUT2D eigenvalue weighted by Gasteiger charge is 2.09. The molecule has 2 N–H and O–H groups in total. The summed E-state index contributed by atoms with van der Waals surface area (Å²) in [6.45, 7) is 7.69. The highest BCUT2D eigenvalue weighted by Crippen LogP contribution is 2.24. The number of nitrogens with zero attached hydrogens (tertiary/aromatic N) is 4. The molecule has 0 spiro atoms. The summed E-state index contributed by atoms with van der Waals surface area (Å²) in [5.74, 6) is 3.12. The first-order valence-electron chi connectivity index (χ1n) is 10.2. The molecule has 8 nitrogen and oxygen atoms in total. The highest BCUT2D eigenvalue weighted by molar-refractivity contribution is 6.00. The first-order chi connectivity index (χ1) is 15.4. The smallest absolute Gasteiger partial charge is 0.323 e. The van der Waals surface area contributed by atoms with E-state index >= 15 is 0 Å². The van der Waals surface area contributed by atoms with Crippen molar-refractivity contribution in [2.45, 2.75) is 27.7 Å². The maximum Gasteiger partial charge on any atom is 0.323 e. The number of urea groups is 1. The van der Waals surface area contributed by atoms with Gasteiger partial charge in [-0.1, -0.05) is 17.7 Å². The van der Waals surface area contributed by atoms with Crippen LogP contribution in [-0.4, -0.2) is 25.6 Å². The van der Waals surface area contributed by atoms with Crippen LogP contribution in [0.2, 0.25) is 0 Å². The molecule has 2 amide bonds. The average Bonchev–Trinajstić information content (AvgIpc) is 3.17. The average molecular weight is 428 g/mol. The molecular weight excluding hydrogens is 404 g/mol. The maximum absolute atomic E-state index is 12.3. The number of anilines is 2. The van der Waals surface area contributed by atoms with Crippen LogP contribution in [0.1, 0.15) is 22.8 Å². The molecule has 2 aromatic carbocycles. The molecule has 2 aromatic heterocycles. The second-order valence-electron chi connectivity index (χ2n) is 7.48. The SMILES string of the molecule is Cc1ccc(NC(=O)Nc2ccc(Oc3cc(-n4ccnc4C)nc(C)n3)cc2)c(C)c1. The van der Waals surface area contributed by atoms with E-state index in [1.807, 2.05) is 56.7 Å². The van der Waals surface area contributed by atoms with Crippen LogP contribution in [0.3, 0.4) is 0 Å². The first-order valence-corrected chi connectivity index (χ1v) is 10.2. The van der Waals surface area contributed by atoms with Crippen molar-refractivity contribution in [2.75, 3.05) is 10.6 Å². The topological polar surface area (TPSA) is 94.0 Å². The molecule has 4 aromatic rings. The van der Waals surface area contributed by atoms with E-state index in [4.69, 9.17) is 4.74 Å². The quantitative estimate of drug-likeness (QED) is 0.448. The van der Waals surface area contributed by atoms with Gasteiger partial charge in [-0.15, -0.1) is 0 Å². The van der Waals surface area contributed by atoms with E-state index in [0.29, 0.717) is 29.0 Å². The van der Waals surface area contributed by atoms with Crippen molar-refractivity contribution in [1.82, 2.24) is 19.5 Å². The van der Waals surface area contributed by atoms with Crippen LogP contribution in [0.15, 0.2) is 60.9 Å². The molecule has 4 rings (SSSR count). The van der Waals surface area contributed by atoms with Crippen LogP contribution >= 0.6 is 0 Å². The van der Waals surface area contributed by atoms with Crippen molar-refractivity contribution >= 4 is 17.4 Å². The molecule has 0 radical (unpaired) electrons. The molecule has 0 fully saturated rings. The molecule has 2 heterocycles. The Bertz CT molecular complexity index is 1260. The van der Waals surface area contributed by atoms with E-state index in [-0.39, 0.29) is 6.03 Å². The van der Waals surface area contributed by atoms with E-state index in [2.05, 4.69) is 25.6 Å². The molecule has 0 bridgehead atoms. The summed E-state index contributed by atoms with van der Waals surface area (Å²) in [5, 5.41) is 5.69. The molecule has 32 heavy (non-hydrogen) atoms. The van der Waals surface area contributed by atoms with Crippen molar-refractivity contribution in [3.05, 3.63) is 83.7 Å². The van der Waals surface area contributed by atoms with E-state index in [0.717, 1.165) is 22.6 Å². The fourth-order valence-corrected chi connectivity index (χ4v) is 3.29. The van der Waals surface area contributed by atoms with Gasteiger partial charge in [0, 0.05) is 29.8 Å². The number of nitrogens with one attached hydrogen (secondary N) is 2. The van der Waals surface area contributed by atoms with Gasteiger partial charge in [-0.3, -0.25) is 4.57 Å². The van der Waals surface area contributed by atoms with E-state index in [1.165, 1.54) is 0 Å². The molecule has 0 saturated carbocycles. The van der Waals surface area contributed by atoms with Gasteiger partial charge in [0.2, 0.25) is 5.88 Å². The third kappa shape index (κ3) is 4.92. The first kappa shape index (κ1) is 21.0. The zero-order valence-electron chi connectivity index (χ0n) is 18.4. The van der Waals surface area contributed by atoms with Crippen molar-refractivity contribution in [2.24, 2.45) is 0 Å². The predicted molar refractivity (Wildman–Crippen MR) is 124 cm³/mol. The molecule has 0 saturated heterocycles. The van der Waals surface area contributed by atoms with E-state index in [9.17, 15) is 4.79 Å². The lowest BCUT2D eigenvalue weighted by molar-refractivity contribution is 0.262. The lowest BCUT2D eigenvalue weighted by Crippen LogP contribution is -2.19. The Balaban J connectivity index is 1.42. The van der Waals surface area contributed by atoms with Crippen molar-refractivity contribution in [3.8, 4) is 17.4 Å². The van der Waals surface area contributed by atoms with Gasteiger partial charge in [-0.25, -0.2) is 14.8 Å². The number of rotatable bonds is 5. The van der Waals surface area contributed by atoms with Gasteiger partial charge in [0.25, 0.3) is 0 Å². The Morgan fingerprint density at radius 1 is 0.938 bits per heavy atom. The zero-order valence-corrected chi connectivity index (χ0v) is 18.4. The van der Waals surface area contributed by atoms with Crippen molar-refractivity contribution < 1.29 is 9.53 Å². The standard InChI is InChI=1S/C24H24N6O2/c1-15-5-10-21(16(2)13-15)29-24(31)28-19-6-8-20(9-7-19)32-23-14-22(26-17(3)27-23)30-12-11-25-18(30)4/h5-14H,1-4H3,(H2,28,29,31). The minimum Gasteiger partial charge on any atom is -0.439 e. The van der Waals surface area contributed by atoms with Gasteiger partial charge in [-0.05, 0) is 63.6 Å². The molecule has 8 heteroatoms. The molecule has 0 aliphatic heterocycles. The summed E-state index contributed by atoms with van der Waals surface area (Å²) in [5.41, 5.74) is 3.58. The lowest BCUT2D eigenvalue weighted by Gasteiger charge is -2.12. The number of aromatic nitrogens is 4. The van der Waals surface area contributed by atoms with Crippen molar-refractivity contribution in [3.63, 3.8) is 0 Å². The van der Waals surface area contributed by atoms with Crippen LogP contribution in [-0.2, 0) is 0 Å². The normalized spacial score (nSPS) is 10.6. The highest BCUT2D eigenvalue weighted by atomic mass is 16.5. The van der Waals surface area contributed by atoms with Crippen LogP contribution in [0.5, 0.6) is 11.6 Å². The van der Waals surface area contributed by atoms with Gasteiger partial charge in [0.05, 0.1) is 0 Å². The number of amides is 2. The number of carbonyl (C=O) groups is 1. The van der Waals surface area contributed by atoms with Gasteiger partial charge in [0.15, 0.2) is 0 Å². The second-order valence-corrected chi connectivity index (χ2v) is 7.48. The third-order valence-electron chi connectivity index (χ3n) is 4.84. The van der Waals surface area contributed by atoms with E-state index < -0.39 is 0 Å². The Hall–Kier alpha value is -4.20. The number of imidazole rings is 1. The summed E-state index contributed by atoms with van der Waals surface area (Å²) in [6, 6.07) is 14.4. The number of ether oxygens (including phenoxy) is 1. The fraction of sp³-hybridized carbons (Fsp3) is 0.167. The molecule has 0 unspecified atom stereocenters. The Labute approximate surface area is 186 Å². The third-order valence-corrected chi connectivity index (χ3v) is 4.84. The number of carbonyl (C=O) groups excluding carboxylic acids is 1. The lowest BCUT2D eigenvalue weighted by atomic mass is 10.1. The predicted octanol–water partition coefficient (Wildman–Crippen LogP) is 5.33. The number of hydrogen-bond donors (Lipinski definition) is 2. The van der Waals surface area contributed by atoms with Gasteiger partial charge >= 0.3 is 6.03 Å². The number of benzene rings is 2. The molecule has 0 atom stereocenters. The fourth-order valence-electron chi connectivity index (χ4n) is 3.29. The largest absolute Gasteiger partial charge is 0.439 e. The monoisotopic (exact) mass is 428 g/mol.